The van der Waals surface area contributed by atoms with Crippen molar-refractivity contribution >= 4 is 27.4 Å². The quantitative estimate of drug-likeness (QED) is 0.875. The molecule has 6 heteroatoms. The number of amidine groups is 1. The Labute approximate surface area is 126 Å². The van der Waals surface area contributed by atoms with Crippen molar-refractivity contribution in [2.24, 2.45) is 10.9 Å². The second kappa shape index (κ2) is 4.25. The minimum absolute atomic E-state index is 0.379. The Balaban J connectivity index is 1.53. The van der Waals surface area contributed by atoms with E-state index in [0.717, 1.165) is 23.5 Å². The molecule has 4 aliphatic heterocycles. The summed E-state index contributed by atoms with van der Waals surface area (Å²) >= 11 is 1.71. The van der Waals surface area contributed by atoms with Crippen molar-refractivity contribution in [3.05, 3.63) is 29.3 Å². The third kappa shape index (κ3) is 1.76. The van der Waals surface area contributed by atoms with Crippen LogP contribution in [-0.4, -0.2) is 41.1 Å². The third-order valence-corrected chi connectivity index (χ3v) is 5.73. The maximum absolute atomic E-state index is 5.96. The van der Waals surface area contributed by atoms with Crippen molar-refractivity contribution in [2.75, 3.05) is 19.6 Å². The standard InChI is InChI=1S/C15H16N4OS/c1-4-19-5-2-11(1)15(9-19)17-14(18-20-15)10-7-13-12(16-8-10)3-6-21-13/h3,6-8,11H,1-2,4-5,9H2,(H,17,18). The zero-order valence-electron chi connectivity index (χ0n) is 11.6. The van der Waals surface area contributed by atoms with Crippen LogP contribution in [0.4, 0.5) is 0 Å². The van der Waals surface area contributed by atoms with Crippen LogP contribution in [0.3, 0.4) is 0 Å². The summed E-state index contributed by atoms with van der Waals surface area (Å²) in [5.41, 5.74) is 4.74. The molecule has 0 aromatic carbocycles. The fraction of sp³-hybridized carbons (Fsp3) is 0.467. The van der Waals surface area contributed by atoms with E-state index in [-0.39, 0.29) is 5.72 Å². The minimum atomic E-state index is -0.379. The molecule has 2 bridgehead atoms. The van der Waals surface area contributed by atoms with Gasteiger partial charge in [-0.3, -0.25) is 9.88 Å². The molecule has 21 heavy (non-hydrogen) atoms. The predicted octanol–water partition coefficient (Wildman–Crippen LogP) is 2.00. The topological polar surface area (TPSA) is 49.8 Å². The Hall–Kier alpha value is -1.50. The molecule has 3 fully saturated rings. The lowest BCUT2D eigenvalue weighted by Gasteiger charge is -2.47. The van der Waals surface area contributed by atoms with Crippen LogP contribution in [0.25, 0.3) is 10.2 Å². The molecular weight excluding hydrogens is 284 g/mol. The van der Waals surface area contributed by atoms with Gasteiger partial charge in [0, 0.05) is 17.7 Å². The van der Waals surface area contributed by atoms with E-state index >= 15 is 0 Å². The highest BCUT2D eigenvalue weighted by molar-refractivity contribution is 7.17. The highest BCUT2D eigenvalue weighted by atomic mass is 32.1. The minimum Gasteiger partial charge on any atom is -0.298 e. The van der Waals surface area contributed by atoms with Crippen molar-refractivity contribution in [2.45, 2.75) is 18.6 Å². The van der Waals surface area contributed by atoms with Crippen LogP contribution in [0.1, 0.15) is 18.4 Å². The first-order chi connectivity index (χ1) is 10.3. The van der Waals surface area contributed by atoms with E-state index in [2.05, 4.69) is 26.8 Å². The first-order valence-electron chi connectivity index (χ1n) is 7.42. The second-order valence-electron chi connectivity index (χ2n) is 6.09. The smallest absolute Gasteiger partial charge is 0.202 e. The molecule has 1 spiro atoms. The van der Waals surface area contributed by atoms with E-state index in [4.69, 9.17) is 9.83 Å². The summed E-state index contributed by atoms with van der Waals surface area (Å²) in [7, 11) is 0. The summed E-state index contributed by atoms with van der Waals surface area (Å²) in [5, 5.41) is 2.07. The van der Waals surface area contributed by atoms with Gasteiger partial charge in [0.1, 0.15) is 0 Å². The van der Waals surface area contributed by atoms with Gasteiger partial charge in [-0.1, -0.05) is 0 Å². The molecule has 1 atom stereocenters. The number of nitrogens with zero attached hydrogens (tertiary/aromatic N) is 3. The van der Waals surface area contributed by atoms with Gasteiger partial charge in [-0.25, -0.2) is 15.3 Å². The monoisotopic (exact) mass is 300 g/mol. The molecule has 2 aromatic rings. The number of hydroxylamine groups is 1. The maximum Gasteiger partial charge on any atom is 0.202 e. The lowest BCUT2D eigenvalue weighted by molar-refractivity contribution is -0.155. The normalized spacial score (nSPS) is 34.4. The predicted molar refractivity (Wildman–Crippen MR) is 82.3 cm³/mol. The fourth-order valence-electron chi connectivity index (χ4n) is 3.70. The lowest BCUT2D eigenvalue weighted by Crippen LogP contribution is -2.58. The molecule has 1 unspecified atom stereocenters. The first-order valence-corrected chi connectivity index (χ1v) is 8.30. The molecule has 0 aliphatic carbocycles. The van der Waals surface area contributed by atoms with Gasteiger partial charge >= 0.3 is 0 Å². The van der Waals surface area contributed by atoms with Gasteiger partial charge in [-0.05, 0) is 43.4 Å². The molecule has 1 N–H and O–H groups in total. The molecule has 0 saturated carbocycles. The van der Waals surface area contributed by atoms with Crippen LogP contribution in [0, 0.1) is 5.92 Å². The first kappa shape index (κ1) is 12.1. The van der Waals surface area contributed by atoms with Crippen molar-refractivity contribution in [1.82, 2.24) is 15.4 Å². The number of pyridine rings is 1. The number of rotatable bonds is 1. The molecule has 0 radical (unpaired) electrons. The summed E-state index contributed by atoms with van der Waals surface area (Å²) < 4.78 is 1.19. The van der Waals surface area contributed by atoms with Gasteiger partial charge in [0.05, 0.1) is 16.8 Å². The Morgan fingerprint density at radius 2 is 2.29 bits per heavy atom. The molecule has 2 aromatic heterocycles. The fourth-order valence-corrected chi connectivity index (χ4v) is 4.48. The van der Waals surface area contributed by atoms with Crippen LogP contribution in [0.15, 0.2) is 28.7 Å². The van der Waals surface area contributed by atoms with Gasteiger partial charge < -0.3 is 0 Å². The number of aromatic nitrogens is 1. The summed E-state index contributed by atoms with van der Waals surface area (Å²) in [6, 6.07) is 4.18. The number of hydrogen-bond acceptors (Lipinski definition) is 6. The summed E-state index contributed by atoms with van der Waals surface area (Å²) in [5.74, 6) is 1.36. The Bertz CT molecular complexity index is 734. The zero-order chi connectivity index (χ0) is 13.9. The Morgan fingerprint density at radius 3 is 3.10 bits per heavy atom. The van der Waals surface area contributed by atoms with Gasteiger partial charge in [-0.15, -0.1) is 11.3 Å². The van der Waals surface area contributed by atoms with E-state index in [1.165, 1.54) is 30.6 Å². The van der Waals surface area contributed by atoms with Crippen LogP contribution >= 0.6 is 11.3 Å². The Kier molecular flexibility index (Phi) is 2.45. The number of nitrogens with one attached hydrogen (secondary N) is 1. The van der Waals surface area contributed by atoms with E-state index in [1.807, 2.05) is 12.3 Å². The number of aliphatic imine (C=N–C) groups is 1. The molecule has 3 saturated heterocycles. The summed E-state index contributed by atoms with van der Waals surface area (Å²) in [6.07, 6.45) is 4.24. The number of hydrogen-bond donors (Lipinski definition) is 1. The molecule has 108 valence electrons. The van der Waals surface area contributed by atoms with Crippen molar-refractivity contribution in [1.29, 1.82) is 0 Å². The Morgan fingerprint density at radius 1 is 1.38 bits per heavy atom. The largest absolute Gasteiger partial charge is 0.298 e. The molecule has 5 nitrogen and oxygen atoms in total. The molecule has 0 amide bonds. The summed E-state index contributed by atoms with van der Waals surface area (Å²) in [4.78, 5) is 17.8. The van der Waals surface area contributed by atoms with E-state index < -0.39 is 0 Å². The van der Waals surface area contributed by atoms with E-state index in [9.17, 15) is 0 Å². The van der Waals surface area contributed by atoms with Crippen molar-refractivity contribution < 1.29 is 4.84 Å². The van der Waals surface area contributed by atoms with Crippen LogP contribution in [-0.2, 0) is 4.84 Å². The molecular formula is C15H16N4OS. The summed E-state index contributed by atoms with van der Waals surface area (Å²) in [6.45, 7) is 3.27. The second-order valence-corrected chi connectivity index (χ2v) is 7.04. The SMILES string of the molecule is c1cc2ncc(C3=NC4(CN5CCC4CC5)ON3)cc2s1. The zero-order valence-corrected chi connectivity index (χ0v) is 12.4. The number of thiophene rings is 1. The van der Waals surface area contributed by atoms with Crippen LogP contribution in [0.5, 0.6) is 0 Å². The van der Waals surface area contributed by atoms with Gasteiger partial charge in [0.15, 0.2) is 5.84 Å². The van der Waals surface area contributed by atoms with Crippen LogP contribution in [0.2, 0.25) is 0 Å². The molecule has 6 heterocycles. The average molecular weight is 300 g/mol. The third-order valence-electron chi connectivity index (χ3n) is 4.88. The highest BCUT2D eigenvalue weighted by Gasteiger charge is 2.51. The van der Waals surface area contributed by atoms with Crippen LogP contribution < -0.4 is 5.48 Å². The van der Waals surface area contributed by atoms with Crippen molar-refractivity contribution in [3.63, 3.8) is 0 Å². The van der Waals surface area contributed by atoms with E-state index in [1.54, 1.807) is 11.3 Å². The molecule has 6 rings (SSSR count). The maximum atomic E-state index is 5.96. The van der Waals surface area contributed by atoms with Crippen molar-refractivity contribution in [3.8, 4) is 0 Å². The van der Waals surface area contributed by atoms with Gasteiger partial charge in [0.25, 0.3) is 0 Å². The average Bonchev–Trinajstić information content (AvgIpc) is 3.15. The highest BCUT2D eigenvalue weighted by Crippen LogP contribution is 2.41. The number of piperidine rings is 3. The van der Waals surface area contributed by atoms with Gasteiger partial charge in [-0.2, -0.15) is 0 Å². The lowest BCUT2D eigenvalue weighted by atomic mass is 9.81. The van der Waals surface area contributed by atoms with E-state index in [0.29, 0.717) is 5.92 Å². The molecule has 4 aliphatic rings. The number of fused-ring (bicyclic) bond motifs is 3. The van der Waals surface area contributed by atoms with Gasteiger partial charge in [0.2, 0.25) is 5.72 Å².